The minimum atomic E-state index is -2.76. The van der Waals surface area contributed by atoms with Crippen LogP contribution in [0.25, 0.3) is 22.4 Å². The lowest BCUT2D eigenvalue weighted by molar-refractivity contribution is -0.141. The van der Waals surface area contributed by atoms with Crippen molar-refractivity contribution in [3.05, 3.63) is 30.4 Å². The van der Waals surface area contributed by atoms with Gasteiger partial charge in [-0.25, -0.2) is 18.7 Å². The van der Waals surface area contributed by atoms with Gasteiger partial charge in [-0.05, 0) is 12.3 Å². The lowest BCUT2D eigenvalue weighted by Crippen LogP contribution is -2.56. The number of amides is 2. The van der Waals surface area contributed by atoms with Gasteiger partial charge < -0.3 is 15.2 Å². The first kappa shape index (κ1) is 23.8. The van der Waals surface area contributed by atoms with Gasteiger partial charge in [0, 0.05) is 50.4 Å². The van der Waals surface area contributed by atoms with Crippen molar-refractivity contribution in [1.82, 2.24) is 34.9 Å². The van der Waals surface area contributed by atoms with Gasteiger partial charge in [-0.2, -0.15) is 5.10 Å². The predicted octanol–water partition coefficient (Wildman–Crippen LogP) is 3.24. The van der Waals surface area contributed by atoms with Gasteiger partial charge in [0.25, 0.3) is 11.8 Å². The van der Waals surface area contributed by atoms with E-state index in [0.717, 1.165) is 5.56 Å². The van der Waals surface area contributed by atoms with Crippen molar-refractivity contribution >= 4 is 23.0 Å². The summed E-state index contributed by atoms with van der Waals surface area (Å²) in [5.74, 6) is -3.61. The van der Waals surface area contributed by atoms with Crippen LogP contribution in [0.4, 0.5) is 8.78 Å². The van der Waals surface area contributed by atoms with Gasteiger partial charge in [-0.3, -0.25) is 14.3 Å². The predicted molar refractivity (Wildman–Crippen MR) is 122 cm³/mol. The summed E-state index contributed by atoms with van der Waals surface area (Å²) in [5, 5.41) is 7.07. The molecule has 1 aliphatic rings. The molecule has 1 fully saturated rings. The number of hydrogen-bond donors (Lipinski definition) is 2. The molecular weight excluding hydrogens is 444 g/mol. The van der Waals surface area contributed by atoms with Gasteiger partial charge in [0.05, 0.1) is 23.7 Å². The molecule has 9 nitrogen and oxygen atoms in total. The Hall–Kier alpha value is -3.37. The first-order valence-corrected chi connectivity index (χ1v) is 11.3. The second kappa shape index (κ2) is 8.77. The number of hydrogen-bond acceptors (Lipinski definition) is 5. The van der Waals surface area contributed by atoms with E-state index < -0.39 is 23.3 Å². The Balaban J connectivity index is 1.58. The van der Waals surface area contributed by atoms with E-state index in [2.05, 4.69) is 25.4 Å². The summed E-state index contributed by atoms with van der Waals surface area (Å²) >= 11 is 0. The van der Waals surface area contributed by atoms with Crippen molar-refractivity contribution in [2.24, 2.45) is 5.41 Å². The monoisotopic (exact) mass is 473 g/mol. The number of carbonyl (C=O) groups is 2. The maximum Gasteiger partial charge on any atom is 0.255 e. The SMILES string of the molecule is CCn1cc(-c2cnc3[nH]cc(C(=O)N[C@@H](C(=O)N4CCC(F)(F)CC4)C(C)(C)C)c3n2)cn1. The maximum atomic E-state index is 13.6. The number of halogens is 2. The molecule has 0 radical (unpaired) electrons. The molecule has 2 N–H and O–H groups in total. The molecule has 3 aromatic rings. The minimum Gasteiger partial charge on any atom is -0.344 e. The smallest absolute Gasteiger partial charge is 0.255 e. The van der Waals surface area contributed by atoms with Crippen LogP contribution in [0.1, 0.15) is 50.9 Å². The largest absolute Gasteiger partial charge is 0.344 e. The van der Waals surface area contributed by atoms with Crippen LogP contribution in [-0.2, 0) is 11.3 Å². The Labute approximate surface area is 195 Å². The highest BCUT2D eigenvalue weighted by Gasteiger charge is 2.41. The molecule has 3 aromatic heterocycles. The molecule has 1 saturated heterocycles. The van der Waals surface area contributed by atoms with Crippen LogP contribution < -0.4 is 5.32 Å². The van der Waals surface area contributed by atoms with Crippen LogP contribution in [0.15, 0.2) is 24.8 Å². The Bertz CT molecular complexity index is 1200. The van der Waals surface area contributed by atoms with Crippen LogP contribution in [0.2, 0.25) is 0 Å². The van der Waals surface area contributed by atoms with Crippen molar-refractivity contribution in [1.29, 1.82) is 0 Å². The first-order valence-electron chi connectivity index (χ1n) is 11.3. The number of likely N-dealkylation sites (tertiary alicyclic amines) is 1. The van der Waals surface area contributed by atoms with Crippen molar-refractivity contribution in [3.63, 3.8) is 0 Å². The average molecular weight is 474 g/mol. The summed E-state index contributed by atoms with van der Waals surface area (Å²) in [5.41, 5.74) is 1.77. The standard InChI is InChI=1S/C23H29F2N7O2/c1-5-32-13-14(10-28-32)16-12-27-19-17(29-16)15(11-26-19)20(33)30-18(22(2,3)4)21(34)31-8-6-23(24,25)7-9-31/h10-13,18H,5-9H2,1-4H3,(H,26,27)(H,30,33)/t18-/m0/s1. The van der Waals surface area contributed by atoms with Gasteiger partial charge >= 0.3 is 0 Å². The Morgan fingerprint density at radius 2 is 1.94 bits per heavy atom. The number of aromatic amines is 1. The fourth-order valence-corrected chi connectivity index (χ4v) is 3.97. The van der Waals surface area contributed by atoms with Gasteiger partial charge in [0.1, 0.15) is 11.6 Å². The van der Waals surface area contributed by atoms with E-state index in [1.165, 1.54) is 11.1 Å². The van der Waals surface area contributed by atoms with E-state index in [4.69, 9.17) is 0 Å². The molecule has 1 atom stereocenters. The lowest BCUT2D eigenvalue weighted by atomic mass is 9.85. The summed E-state index contributed by atoms with van der Waals surface area (Å²) in [6, 6.07) is -0.893. The quantitative estimate of drug-likeness (QED) is 0.591. The zero-order valence-electron chi connectivity index (χ0n) is 19.7. The molecule has 4 heterocycles. The number of nitrogens with zero attached hydrogens (tertiary/aromatic N) is 5. The summed E-state index contributed by atoms with van der Waals surface area (Å²) in [7, 11) is 0. The van der Waals surface area contributed by atoms with Crippen molar-refractivity contribution in [2.75, 3.05) is 13.1 Å². The number of fused-ring (bicyclic) bond motifs is 1. The Morgan fingerprint density at radius 1 is 1.24 bits per heavy atom. The zero-order chi connectivity index (χ0) is 24.7. The van der Waals surface area contributed by atoms with Gasteiger partial charge in [0.2, 0.25) is 5.91 Å². The highest BCUT2D eigenvalue weighted by Crippen LogP contribution is 2.30. The molecule has 0 spiro atoms. The topological polar surface area (TPSA) is 109 Å². The highest BCUT2D eigenvalue weighted by atomic mass is 19.3. The van der Waals surface area contributed by atoms with Crippen LogP contribution in [0, 0.1) is 5.41 Å². The minimum absolute atomic E-state index is 0.0400. The van der Waals surface area contributed by atoms with Gasteiger partial charge in [0.15, 0.2) is 5.65 Å². The third-order valence-corrected chi connectivity index (χ3v) is 6.07. The highest BCUT2D eigenvalue weighted by molar-refractivity contribution is 6.06. The van der Waals surface area contributed by atoms with E-state index in [0.29, 0.717) is 23.4 Å². The third-order valence-electron chi connectivity index (χ3n) is 6.07. The molecule has 34 heavy (non-hydrogen) atoms. The van der Waals surface area contributed by atoms with E-state index >= 15 is 0 Å². The fourth-order valence-electron chi connectivity index (χ4n) is 3.97. The van der Waals surface area contributed by atoms with E-state index in [1.54, 1.807) is 17.1 Å². The average Bonchev–Trinajstić information content (AvgIpc) is 3.42. The van der Waals surface area contributed by atoms with Crippen LogP contribution in [0.5, 0.6) is 0 Å². The van der Waals surface area contributed by atoms with Crippen molar-refractivity contribution in [3.8, 4) is 11.3 Å². The molecule has 0 aromatic carbocycles. The second-order valence-electron chi connectivity index (χ2n) is 9.69. The van der Waals surface area contributed by atoms with Gasteiger partial charge in [-0.1, -0.05) is 20.8 Å². The van der Waals surface area contributed by atoms with Crippen molar-refractivity contribution < 1.29 is 18.4 Å². The Kier molecular flexibility index (Phi) is 6.13. The number of aromatic nitrogens is 5. The van der Waals surface area contributed by atoms with Crippen LogP contribution in [0.3, 0.4) is 0 Å². The number of rotatable bonds is 5. The second-order valence-corrected chi connectivity index (χ2v) is 9.69. The molecule has 4 rings (SSSR count). The molecular formula is C23H29F2N7O2. The van der Waals surface area contributed by atoms with E-state index in [1.807, 2.05) is 33.9 Å². The molecule has 182 valence electrons. The first-order chi connectivity index (χ1) is 16.0. The summed E-state index contributed by atoms with van der Waals surface area (Å²) in [6.45, 7) is 8.09. The summed E-state index contributed by atoms with van der Waals surface area (Å²) < 4.78 is 28.9. The number of alkyl halides is 2. The summed E-state index contributed by atoms with van der Waals surface area (Å²) in [6.07, 6.45) is 5.88. The molecule has 11 heteroatoms. The van der Waals surface area contributed by atoms with Gasteiger partial charge in [-0.15, -0.1) is 0 Å². The zero-order valence-corrected chi connectivity index (χ0v) is 19.7. The van der Waals surface area contributed by atoms with Crippen LogP contribution >= 0.6 is 0 Å². The van der Waals surface area contributed by atoms with Crippen molar-refractivity contribution in [2.45, 2.75) is 59.0 Å². The normalized spacial score (nSPS) is 17.1. The number of aryl methyl sites for hydroxylation is 1. The molecule has 0 aliphatic carbocycles. The fraction of sp³-hybridized carbons (Fsp3) is 0.522. The maximum absolute atomic E-state index is 13.6. The summed E-state index contributed by atoms with van der Waals surface area (Å²) in [4.78, 5) is 39.8. The van der Waals surface area contributed by atoms with E-state index in [9.17, 15) is 18.4 Å². The number of carbonyl (C=O) groups excluding carboxylic acids is 2. The number of piperidine rings is 1. The number of H-pyrrole nitrogens is 1. The molecule has 0 saturated carbocycles. The molecule has 1 aliphatic heterocycles. The number of nitrogens with one attached hydrogen (secondary N) is 2. The van der Waals surface area contributed by atoms with Crippen LogP contribution in [-0.4, -0.2) is 66.5 Å². The third kappa shape index (κ3) is 4.78. The molecule has 0 bridgehead atoms. The lowest BCUT2D eigenvalue weighted by Gasteiger charge is -2.38. The Morgan fingerprint density at radius 3 is 2.56 bits per heavy atom. The molecule has 0 unspecified atom stereocenters. The van der Waals surface area contributed by atoms with E-state index in [-0.39, 0.29) is 37.4 Å². The molecule has 2 amide bonds.